The van der Waals surface area contributed by atoms with Gasteiger partial charge in [-0.2, -0.15) is 0 Å². The Hall–Kier alpha value is -1.81. The van der Waals surface area contributed by atoms with Crippen molar-refractivity contribution in [2.75, 3.05) is 12.8 Å². The third-order valence-electron chi connectivity index (χ3n) is 2.84. The summed E-state index contributed by atoms with van der Waals surface area (Å²) in [6, 6.07) is 13.2. The summed E-state index contributed by atoms with van der Waals surface area (Å²) in [5.41, 5.74) is 8.54. The fourth-order valence-electron chi connectivity index (χ4n) is 1.87. The number of aryl methyl sites for hydroxylation is 1. The minimum absolute atomic E-state index is 0.435. The lowest BCUT2D eigenvalue weighted by molar-refractivity contribution is 0.414. The molecule has 0 aliphatic heterocycles. The summed E-state index contributed by atoms with van der Waals surface area (Å²) in [5, 5.41) is 0. The van der Waals surface area contributed by atoms with Crippen LogP contribution in [0.3, 0.4) is 0 Å². The van der Waals surface area contributed by atoms with Gasteiger partial charge in [0.1, 0.15) is 5.75 Å². The quantitative estimate of drug-likeness (QED) is 0.873. The van der Waals surface area contributed by atoms with Gasteiger partial charge in [0.2, 0.25) is 0 Å². The molecule has 0 heterocycles. The molecule has 100 valence electrons. The van der Waals surface area contributed by atoms with E-state index in [4.69, 9.17) is 10.5 Å². The summed E-state index contributed by atoms with van der Waals surface area (Å²) in [4.78, 5) is 0.688. The van der Waals surface area contributed by atoms with Gasteiger partial charge in [-0.15, -0.1) is 0 Å². The van der Waals surface area contributed by atoms with E-state index >= 15 is 0 Å². The van der Waals surface area contributed by atoms with Crippen LogP contribution in [0.4, 0.5) is 5.69 Å². The third kappa shape index (κ3) is 3.35. The van der Waals surface area contributed by atoms with Crippen molar-refractivity contribution in [1.29, 1.82) is 0 Å². The van der Waals surface area contributed by atoms with Gasteiger partial charge in [0.05, 0.1) is 28.6 Å². The first-order valence-corrected chi connectivity index (χ1v) is 7.29. The number of anilines is 1. The molecule has 19 heavy (non-hydrogen) atoms. The summed E-state index contributed by atoms with van der Waals surface area (Å²) in [6.07, 6.45) is 0. The molecule has 0 aliphatic rings. The van der Waals surface area contributed by atoms with E-state index in [1.165, 1.54) is 0 Å². The number of hydrogen-bond acceptors (Lipinski definition) is 3. The minimum Gasteiger partial charge on any atom is -0.497 e. The van der Waals surface area contributed by atoms with Crippen molar-refractivity contribution in [3.63, 3.8) is 0 Å². The number of ether oxygens (including phenoxy) is 1. The van der Waals surface area contributed by atoms with E-state index in [1.807, 2.05) is 49.4 Å². The normalized spacial score (nSPS) is 12.1. The zero-order chi connectivity index (χ0) is 13.8. The van der Waals surface area contributed by atoms with E-state index in [0.717, 1.165) is 16.9 Å². The Morgan fingerprint density at radius 2 is 2.00 bits per heavy atom. The van der Waals surface area contributed by atoms with E-state index < -0.39 is 10.8 Å². The lowest BCUT2D eigenvalue weighted by Crippen LogP contribution is -2.01. The van der Waals surface area contributed by atoms with Gasteiger partial charge in [0, 0.05) is 5.69 Å². The second-order valence-electron chi connectivity index (χ2n) is 4.38. The maximum Gasteiger partial charge on any atom is 0.119 e. The largest absolute Gasteiger partial charge is 0.497 e. The summed E-state index contributed by atoms with van der Waals surface area (Å²) in [5.74, 6) is 1.20. The first-order valence-electron chi connectivity index (χ1n) is 5.97. The average Bonchev–Trinajstić information content (AvgIpc) is 2.38. The van der Waals surface area contributed by atoms with Gasteiger partial charge in [-0.1, -0.05) is 18.2 Å². The highest BCUT2D eigenvalue weighted by molar-refractivity contribution is 7.84. The monoisotopic (exact) mass is 275 g/mol. The standard InChI is InChI=1S/C15H17NO2S/c1-11-6-7-15(14(16)8-11)19(17)10-12-4-3-5-13(9-12)18-2/h3-9H,10,16H2,1-2H3. The van der Waals surface area contributed by atoms with Crippen molar-refractivity contribution >= 4 is 16.5 Å². The highest BCUT2D eigenvalue weighted by atomic mass is 32.2. The van der Waals surface area contributed by atoms with Crippen molar-refractivity contribution in [1.82, 2.24) is 0 Å². The van der Waals surface area contributed by atoms with Gasteiger partial charge in [-0.3, -0.25) is 4.21 Å². The number of hydrogen-bond donors (Lipinski definition) is 1. The molecule has 4 heteroatoms. The Kier molecular flexibility index (Phi) is 4.22. The van der Waals surface area contributed by atoms with Crippen LogP contribution in [0.5, 0.6) is 5.75 Å². The van der Waals surface area contributed by atoms with E-state index in [2.05, 4.69) is 0 Å². The Bertz CT molecular complexity index is 611. The number of nitrogens with two attached hydrogens (primary N) is 1. The second-order valence-corrected chi connectivity index (χ2v) is 5.80. The van der Waals surface area contributed by atoms with Crippen LogP contribution in [-0.2, 0) is 16.6 Å². The second kappa shape index (κ2) is 5.89. The van der Waals surface area contributed by atoms with Crippen molar-refractivity contribution in [2.24, 2.45) is 0 Å². The predicted molar refractivity (Wildman–Crippen MR) is 78.7 cm³/mol. The Morgan fingerprint density at radius 3 is 2.68 bits per heavy atom. The van der Waals surface area contributed by atoms with E-state index in [-0.39, 0.29) is 0 Å². The Morgan fingerprint density at radius 1 is 1.21 bits per heavy atom. The van der Waals surface area contributed by atoms with Gasteiger partial charge in [-0.25, -0.2) is 0 Å². The van der Waals surface area contributed by atoms with Gasteiger partial charge < -0.3 is 10.5 Å². The first kappa shape index (κ1) is 13.6. The molecular weight excluding hydrogens is 258 g/mol. The molecular formula is C15H17NO2S. The molecule has 0 spiro atoms. The summed E-state index contributed by atoms with van der Waals surface area (Å²) < 4.78 is 17.5. The zero-order valence-corrected chi connectivity index (χ0v) is 11.9. The molecule has 0 radical (unpaired) electrons. The third-order valence-corrected chi connectivity index (χ3v) is 4.30. The van der Waals surface area contributed by atoms with E-state index in [9.17, 15) is 4.21 Å². The fourth-order valence-corrected chi connectivity index (χ4v) is 3.05. The van der Waals surface area contributed by atoms with Crippen LogP contribution in [0.25, 0.3) is 0 Å². The van der Waals surface area contributed by atoms with Crippen LogP contribution in [0.2, 0.25) is 0 Å². The van der Waals surface area contributed by atoms with Crippen LogP contribution in [0.15, 0.2) is 47.4 Å². The minimum atomic E-state index is -1.15. The lowest BCUT2D eigenvalue weighted by Gasteiger charge is -2.08. The molecule has 2 N–H and O–H groups in total. The predicted octanol–water partition coefficient (Wildman–Crippen LogP) is 2.89. The molecule has 0 aliphatic carbocycles. The maximum atomic E-state index is 12.3. The van der Waals surface area contributed by atoms with Crippen LogP contribution >= 0.6 is 0 Å². The SMILES string of the molecule is COc1cccc(CS(=O)c2ccc(C)cc2N)c1. The Labute approximate surface area is 115 Å². The molecule has 0 saturated heterocycles. The number of methoxy groups -OCH3 is 1. The average molecular weight is 275 g/mol. The lowest BCUT2D eigenvalue weighted by atomic mass is 10.2. The van der Waals surface area contributed by atoms with Crippen molar-refractivity contribution in [3.05, 3.63) is 53.6 Å². The molecule has 0 amide bonds. The molecule has 1 atom stereocenters. The highest BCUT2D eigenvalue weighted by Gasteiger charge is 2.09. The van der Waals surface area contributed by atoms with Gasteiger partial charge in [-0.05, 0) is 42.3 Å². The molecule has 0 bridgehead atoms. The molecule has 0 aromatic heterocycles. The number of rotatable bonds is 4. The fraction of sp³-hybridized carbons (Fsp3) is 0.200. The van der Waals surface area contributed by atoms with Crippen LogP contribution in [0.1, 0.15) is 11.1 Å². The smallest absolute Gasteiger partial charge is 0.119 e. The maximum absolute atomic E-state index is 12.3. The molecule has 0 saturated carbocycles. The van der Waals surface area contributed by atoms with Gasteiger partial charge >= 0.3 is 0 Å². The van der Waals surface area contributed by atoms with Crippen molar-refractivity contribution < 1.29 is 8.95 Å². The summed E-state index contributed by atoms with van der Waals surface area (Å²) >= 11 is 0. The summed E-state index contributed by atoms with van der Waals surface area (Å²) in [6.45, 7) is 1.96. The molecule has 2 aromatic carbocycles. The zero-order valence-electron chi connectivity index (χ0n) is 11.1. The van der Waals surface area contributed by atoms with Crippen LogP contribution in [-0.4, -0.2) is 11.3 Å². The summed E-state index contributed by atoms with van der Waals surface area (Å²) in [7, 11) is 0.474. The van der Waals surface area contributed by atoms with Crippen molar-refractivity contribution in [2.45, 2.75) is 17.6 Å². The van der Waals surface area contributed by atoms with Gasteiger partial charge in [0.25, 0.3) is 0 Å². The molecule has 2 aromatic rings. The number of nitrogen functional groups attached to an aromatic ring is 1. The highest BCUT2D eigenvalue weighted by Crippen LogP contribution is 2.22. The van der Waals surface area contributed by atoms with Crippen LogP contribution in [0, 0.1) is 6.92 Å². The van der Waals surface area contributed by atoms with E-state index in [0.29, 0.717) is 16.3 Å². The molecule has 0 fully saturated rings. The first-order chi connectivity index (χ1) is 9.10. The molecule has 2 rings (SSSR count). The van der Waals surface area contributed by atoms with E-state index in [1.54, 1.807) is 7.11 Å². The van der Waals surface area contributed by atoms with Crippen LogP contribution < -0.4 is 10.5 Å². The Balaban J connectivity index is 2.20. The number of benzene rings is 2. The van der Waals surface area contributed by atoms with Crippen molar-refractivity contribution in [3.8, 4) is 5.75 Å². The molecule has 1 unspecified atom stereocenters. The topological polar surface area (TPSA) is 52.3 Å². The van der Waals surface area contributed by atoms with Gasteiger partial charge in [0.15, 0.2) is 0 Å². The molecule has 3 nitrogen and oxygen atoms in total.